The lowest BCUT2D eigenvalue weighted by Gasteiger charge is -2.42. The molecule has 0 amide bonds. The third-order valence-corrected chi connectivity index (χ3v) is 4.46. The summed E-state index contributed by atoms with van der Waals surface area (Å²) in [4.78, 5) is 4.65. The van der Waals surface area contributed by atoms with E-state index in [2.05, 4.69) is 31.1 Å². The second kappa shape index (κ2) is 5.91. The summed E-state index contributed by atoms with van der Waals surface area (Å²) in [6.07, 6.45) is 7.01. The highest BCUT2D eigenvalue weighted by molar-refractivity contribution is 5.41. The molecule has 3 nitrogen and oxygen atoms in total. The monoisotopic (exact) mass is 262 g/mol. The number of rotatable bonds is 6. The number of hydrogen-bond acceptors (Lipinski definition) is 3. The molecule has 1 heterocycles. The van der Waals surface area contributed by atoms with Crippen LogP contribution in [0.15, 0.2) is 6.20 Å². The molecule has 19 heavy (non-hydrogen) atoms. The van der Waals surface area contributed by atoms with Gasteiger partial charge in [-0.05, 0) is 45.1 Å². The van der Waals surface area contributed by atoms with Crippen molar-refractivity contribution in [2.75, 3.05) is 20.2 Å². The van der Waals surface area contributed by atoms with Crippen molar-refractivity contribution >= 4 is 0 Å². The fourth-order valence-corrected chi connectivity index (χ4v) is 3.09. The number of aryl methyl sites for hydroxylation is 1. The molecule has 1 saturated carbocycles. The van der Waals surface area contributed by atoms with E-state index in [1.807, 2.05) is 6.20 Å². The van der Waals surface area contributed by atoms with Crippen molar-refractivity contribution < 1.29 is 4.74 Å². The molecule has 2 rings (SSSR count). The molecule has 0 unspecified atom stereocenters. The first-order valence-electron chi connectivity index (χ1n) is 7.31. The van der Waals surface area contributed by atoms with Gasteiger partial charge >= 0.3 is 0 Å². The molecule has 3 heteroatoms. The van der Waals surface area contributed by atoms with Gasteiger partial charge < -0.3 is 10.1 Å². The molecule has 0 radical (unpaired) electrons. The highest BCUT2D eigenvalue weighted by Crippen LogP contribution is 2.44. The van der Waals surface area contributed by atoms with Crippen molar-refractivity contribution in [2.45, 2.75) is 46.5 Å². The highest BCUT2D eigenvalue weighted by Gasteiger charge is 2.37. The first-order valence-corrected chi connectivity index (χ1v) is 7.31. The summed E-state index contributed by atoms with van der Waals surface area (Å²) in [5.74, 6) is 1.00. The molecule has 1 aliphatic carbocycles. The molecule has 1 aliphatic rings. The van der Waals surface area contributed by atoms with Gasteiger partial charge in [0.1, 0.15) is 5.75 Å². The van der Waals surface area contributed by atoms with Gasteiger partial charge in [-0.1, -0.05) is 13.3 Å². The Morgan fingerprint density at radius 1 is 1.37 bits per heavy atom. The standard InChI is InChI=1S/C16H26N2O/c1-5-17-11-16(7-6-8-16)9-14-13(3)15(19-4)12(2)10-18-14/h10,17H,5-9,11H2,1-4H3. The molecule has 0 aromatic carbocycles. The van der Waals surface area contributed by atoms with Crippen LogP contribution in [0.3, 0.4) is 0 Å². The third kappa shape index (κ3) is 2.92. The lowest BCUT2D eigenvalue weighted by atomic mass is 9.65. The van der Waals surface area contributed by atoms with Gasteiger partial charge in [0.05, 0.1) is 7.11 Å². The topological polar surface area (TPSA) is 34.2 Å². The quantitative estimate of drug-likeness (QED) is 0.855. The Labute approximate surface area is 116 Å². The molecule has 1 fully saturated rings. The van der Waals surface area contributed by atoms with Crippen molar-refractivity contribution in [2.24, 2.45) is 5.41 Å². The number of ether oxygens (including phenoxy) is 1. The zero-order chi connectivity index (χ0) is 13.9. The van der Waals surface area contributed by atoms with E-state index < -0.39 is 0 Å². The molecule has 106 valence electrons. The molecule has 1 aromatic rings. The minimum Gasteiger partial charge on any atom is -0.496 e. The highest BCUT2D eigenvalue weighted by atomic mass is 16.5. The summed E-state index contributed by atoms with van der Waals surface area (Å²) in [6, 6.07) is 0. The number of nitrogens with zero attached hydrogens (tertiary/aromatic N) is 1. The van der Waals surface area contributed by atoms with Crippen molar-refractivity contribution in [3.05, 3.63) is 23.0 Å². The third-order valence-electron chi connectivity index (χ3n) is 4.46. The van der Waals surface area contributed by atoms with Crippen LogP contribution in [0.4, 0.5) is 0 Å². The molecule has 0 bridgehead atoms. The summed E-state index contributed by atoms with van der Waals surface area (Å²) in [5, 5.41) is 3.51. The van der Waals surface area contributed by atoms with Crippen LogP contribution in [0.2, 0.25) is 0 Å². The Morgan fingerprint density at radius 2 is 2.11 bits per heavy atom. The van der Waals surface area contributed by atoms with E-state index in [0.29, 0.717) is 5.41 Å². The lowest BCUT2D eigenvalue weighted by molar-refractivity contribution is 0.129. The van der Waals surface area contributed by atoms with E-state index in [9.17, 15) is 0 Å². The van der Waals surface area contributed by atoms with Crippen LogP contribution < -0.4 is 10.1 Å². The van der Waals surface area contributed by atoms with Crippen LogP contribution >= 0.6 is 0 Å². The Bertz CT molecular complexity index is 439. The number of pyridine rings is 1. The van der Waals surface area contributed by atoms with Gasteiger partial charge in [0, 0.05) is 29.6 Å². The van der Waals surface area contributed by atoms with Gasteiger partial charge in [0.2, 0.25) is 0 Å². The van der Waals surface area contributed by atoms with Gasteiger partial charge in [-0.25, -0.2) is 0 Å². The summed E-state index contributed by atoms with van der Waals surface area (Å²) in [6.45, 7) is 8.52. The largest absolute Gasteiger partial charge is 0.496 e. The SMILES string of the molecule is CCNCC1(Cc2ncc(C)c(OC)c2C)CCC1. The second-order valence-electron chi connectivity index (χ2n) is 5.86. The maximum absolute atomic E-state index is 5.51. The molecule has 0 atom stereocenters. The minimum atomic E-state index is 0.425. The van der Waals surface area contributed by atoms with Gasteiger partial charge in [-0.2, -0.15) is 0 Å². The Kier molecular flexibility index (Phi) is 4.46. The van der Waals surface area contributed by atoms with Gasteiger partial charge in [0.25, 0.3) is 0 Å². The molecule has 0 saturated heterocycles. The molecule has 0 spiro atoms. The molecular weight excluding hydrogens is 236 g/mol. The molecule has 0 aliphatic heterocycles. The number of aromatic nitrogens is 1. The van der Waals surface area contributed by atoms with Crippen molar-refractivity contribution in [3.63, 3.8) is 0 Å². The van der Waals surface area contributed by atoms with Crippen molar-refractivity contribution in [1.82, 2.24) is 10.3 Å². The number of methoxy groups -OCH3 is 1. The van der Waals surface area contributed by atoms with Crippen molar-refractivity contribution in [3.8, 4) is 5.75 Å². The van der Waals surface area contributed by atoms with Crippen LogP contribution in [0, 0.1) is 19.3 Å². The summed E-state index contributed by atoms with van der Waals surface area (Å²) in [5.41, 5.74) is 3.97. The predicted octanol–water partition coefficient (Wildman–Crippen LogP) is 3.03. The lowest BCUT2D eigenvalue weighted by Crippen LogP contribution is -2.42. The van der Waals surface area contributed by atoms with E-state index in [4.69, 9.17) is 4.74 Å². The maximum Gasteiger partial charge on any atom is 0.128 e. The van der Waals surface area contributed by atoms with Crippen LogP contribution in [-0.4, -0.2) is 25.2 Å². The van der Waals surface area contributed by atoms with Crippen LogP contribution in [-0.2, 0) is 6.42 Å². The fourth-order valence-electron chi connectivity index (χ4n) is 3.09. The average Bonchev–Trinajstić information content (AvgIpc) is 2.36. The predicted molar refractivity (Wildman–Crippen MR) is 78.8 cm³/mol. The van der Waals surface area contributed by atoms with E-state index >= 15 is 0 Å². The van der Waals surface area contributed by atoms with Gasteiger partial charge in [-0.3, -0.25) is 4.98 Å². The van der Waals surface area contributed by atoms with Crippen LogP contribution in [0.5, 0.6) is 5.75 Å². The van der Waals surface area contributed by atoms with Gasteiger partial charge in [0.15, 0.2) is 0 Å². The fraction of sp³-hybridized carbons (Fsp3) is 0.688. The first-order chi connectivity index (χ1) is 9.12. The second-order valence-corrected chi connectivity index (χ2v) is 5.86. The minimum absolute atomic E-state index is 0.425. The van der Waals surface area contributed by atoms with E-state index in [1.54, 1.807) is 7.11 Å². The normalized spacial score (nSPS) is 17.1. The Balaban J connectivity index is 2.18. The molecular formula is C16H26N2O. The van der Waals surface area contributed by atoms with E-state index in [0.717, 1.165) is 30.8 Å². The molecule has 1 aromatic heterocycles. The zero-order valence-corrected chi connectivity index (χ0v) is 12.7. The Hall–Kier alpha value is -1.09. The summed E-state index contributed by atoms with van der Waals surface area (Å²) >= 11 is 0. The Morgan fingerprint density at radius 3 is 2.63 bits per heavy atom. The van der Waals surface area contributed by atoms with E-state index in [1.165, 1.54) is 30.5 Å². The summed E-state index contributed by atoms with van der Waals surface area (Å²) < 4.78 is 5.51. The van der Waals surface area contributed by atoms with E-state index in [-0.39, 0.29) is 0 Å². The smallest absolute Gasteiger partial charge is 0.128 e. The number of nitrogens with one attached hydrogen (secondary N) is 1. The maximum atomic E-state index is 5.51. The average molecular weight is 262 g/mol. The van der Waals surface area contributed by atoms with Crippen LogP contribution in [0.1, 0.15) is 43.0 Å². The number of hydrogen-bond donors (Lipinski definition) is 1. The summed E-state index contributed by atoms with van der Waals surface area (Å²) in [7, 11) is 1.75. The van der Waals surface area contributed by atoms with Crippen LogP contribution in [0.25, 0.3) is 0 Å². The zero-order valence-electron chi connectivity index (χ0n) is 12.7. The van der Waals surface area contributed by atoms with Gasteiger partial charge in [-0.15, -0.1) is 0 Å². The van der Waals surface area contributed by atoms with Crippen molar-refractivity contribution in [1.29, 1.82) is 0 Å². The molecule has 1 N–H and O–H groups in total. The first kappa shape index (κ1) is 14.3.